The highest BCUT2D eigenvalue weighted by molar-refractivity contribution is 7.89. The molecule has 0 atom stereocenters. The molecule has 0 spiro atoms. The smallest absolute Gasteiger partial charge is 0.240 e. The maximum absolute atomic E-state index is 11.7. The minimum atomic E-state index is -3.93. The molecule has 0 unspecified atom stereocenters. The third kappa shape index (κ3) is 4.29. The molecule has 29 heavy (non-hydrogen) atoms. The number of thiocarbonyl (C=S) groups is 1. The zero-order valence-corrected chi connectivity index (χ0v) is 17.8. The summed E-state index contributed by atoms with van der Waals surface area (Å²) >= 11 is 5.16. The molecule has 0 aliphatic rings. The van der Waals surface area contributed by atoms with E-state index in [2.05, 4.69) is 29.4 Å². The standard InChI is InChI=1S/C19H21N5O3S2/c1-11(2)12-8-9-15-13(10-12)17(18(25)24(15)3)22-23-19(28)21-14-6-4-5-7-16(14)29(20,26)27/h4-11,25H,1-3H3,(H,21,28)(H2,20,26,27). The van der Waals surface area contributed by atoms with Crippen molar-refractivity contribution in [2.45, 2.75) is 24.7 Å². The van der Waals surface area contributed by atoms with Gasteiger partial charge in [-0.3, -0.25) is 0 Å². The second-order valence-electron chi connectivity index (χ2n) is 6.83. The van der Waals surface area contributed by atoms with Gasteiger partial charge in [0.1, 0.15) is 4.90 Å². The predicted octanol–water partition coefficient (Wildman–Crippen LogP) is 4.14. The molecular weight excluding hydrogens is 410 g/mol. The quantitative estimate of drug-likeness (QED) is 0.423. The molecule has 10 heteroatoms. The van der Waals surface area contributed by atoms with Gasteiger partial charge in [0.15, 0.2) is 5.69 Å². The lowest BCUT2D eigenvalue weighted by atomic mass is 10.0. The van der Waals surface area contributed by atoms with E-state index in [1.807, 2.05) is 18.2 Å². The van der Waals surface area contributed by atoms with Gasteiger partial charge < -0.3 is 15.0 Å². The molecule has 3 aromatic rings. The monoisotopic (exact) mass is 431 g/mol. The second kappa shape index (κ2) is 7.90. The number of aryl methyl sites for hydroxylation is 1. The van der Waals surface area contributed by atoms with Crippen LogP contribution in [-0.4, -0.2) is 23.2 Å². The summed E-state index contributed by atoms with van der Waals surface area (Å²) in [7, 11) is -2.20. The molecule has 0 aliphatic carbocycles. The number of sulfonamides is 1. The number of azo groups is 1. The van der Waals surface area contributed by atoms with Gasteiger partial charge in [-0.15, -0.1) is 10.2 Å². The van der Waals surface area contributed by atoms with Crippen molar-refractivity contribution < 1.29 is 13.5 Å². The van der Waals surface area contributed by atoms with Crippen molar-refractivity contribution in [3.05, 3.63) is 48.0 Å². The topological polar surface area (TPSA) is 122 Å². The molecule has 0 amide bonds. The Kier molecular flexibility index (Phi) is 5.69. The molecule has 0 fully saturated rings. The third-order valence-corrected chi connectivity index (χ3v) is 5.66. The first kappa shape index (κ1) is 20.9. The van der Waals surface area contributed by atoms with Gasteiger partial charge in [-0.05, 0) is 48.0 Å². The number of hydrogen-bond donors (Lipinski definition) is 3. The van der Waals surface area contributed by atoms with E-state index in [1.165, 1.54) is 12.1 Å². The number of nitrogens with two attached hydrogens (primary N) is 1. The number of aromatic nitrogens is 1. The molecule has 8 nitrogen and oxygen atoms in total. The minimum absolute atomic E-state index is 0.0441. The van der Waals surface area contributed by atoms with Crippen molar-refractivity contribution >= 4 is 49.6 Å². The molecule has 1 heterocycles. The van der Waals surface area contributed by atoms with E-state index < -0.39 is 10.0 Å². The van der Waals surface area contributed by atoms with Gasteiger partial charge in [0.2, 0.25) is 21.0 Å². The van der Waals surface area contributed by atoms with Crippen LogP contribution in [0.2, 0.25) is 0 Å². The minimum Gasteiger partial charge on any atom is -0.493 e. The average molecular weight is 432 g/mol. The van der Waals surface area contributed by atoms with E-state index in [1.54, 1.807) is 23.7 Å². The summed E-state index contributed by atoms with van der Waals surface area (Å²) in [6.07, 6.45) is 0. The molecule has 0 bridgehead atoms. The van der Waals surface area contributed by atoms with Crippen molar-refractivity contribution in [2.75, 3.05) is 5.32 Å². The van der Waals surface area contributed by atoms with Crippen molar-refractivity contribution in [3.8, 4) is 5.88 Å². The van der Waals surface area contributed by atoms with Crippen LogP contribution in [0.4, 0.5) is 11.4 Å². The number of anilines is 1. The average Bonchev–Trinajstić information content (AvgIpc) is 2.89. The number of rotatable bonds is 4. The van der Waals surface area contributed by atoms with Crippen LogP contribution in [0, 0.1) is 0 Å². The first-order valence-electron chi connectivity index (χ1n) is 8.75. The lowest BCUT2D eigenvalue weighted by molar-refractivity contribution is 0.436. The van der Waals surface area contributed by atoms with Crippen LogP contribution < -0.4 is 10.5 Å². The highest BCUT2D eigenvalue weighted by Gasteiger charge is 2.17. The number of para-hydroxylation sites is 1. The summed E-state index contributed by atoms with van der Waals surface area (Å²) in [4.78, 5) is -0.105. The Morgan fingerprint density at radius 3 is 2.59 bits per heavy atom. The molecule has 3 rings (SSSR count). The summed E-state index contributed by atoms with van der Waals surface area (Å²) in [5.41, 5.74) is 2.39. The Morgan fingerprint density at radius 2 is 1.93 bits per heavy atom. The molecular formula is C19H21N5O3S2. The number of nitrogens with one attached hydrogen (secondary N) is 1. The van der Waals surface area contributed by atoms with Crippen molar-refractivity contribution in [1.29, 1.82) is 0 Å². The first-order chi connectivity index (χ1) is 13.6. The lowest BCUT2D eigenvalue weighted by Crippen LogP contribution is -2.16. The van der Waals surface area contributed by atoms with Gasteiger partial charge in [0, 0.05) is 12.4 Å². The highest BCUT2D eigenvalue weighted by atomic mass is 32.2. The summed E-state index contributed by atoms with van der Waals surface area (Å²) in [5, 5.41) is 27.1. The number of fused-ring (bicyclic) bond motifs is 1. The van der Waals surface area contributed by atoms with E-state index in [-0.39, 0.29) is 27.3 Å². The number of benzene rings is 2. The van der Waals surface area contributed by atoms with E-state index in [0.717, 1.165) is 16.5 Å². The lowest BCUT2D eigenvalue weighted by Gasteiger charge is -2.08. The molecule has 0 saturated carbocycles. The normalized spacial score (nSPS) is 12.2. The maximum Gasteiger partial charge on any atom is 0.240 e. The van der Waals surface area contributed by atoms with Gasteiger partial charge in [-0.1, -0.05) is 32.0 Å². The predicted molar refractivity (Wildman–Crippen MR) is 117 cm³/mol. The van der Waals surface area contributed by atoms with Crippen molar-refractivity contribution in [2.24, 2.45) is 22.4 Å². The molecule has 0 radical (unpaired) electrons. The largest absolute Gasteiger partial charge is 0.493 e. The number of aromatic hydroxyl groups is 1. The number of primary sulfonamides is 1. The van der Waals surface area contributed by atoms with E-state index >= 15 is 0 Å². The number of hydrogen-bond acceptors (Lipinski definition) is 5. The van der Waals surface area contributed by atoms with E-state index in [0.29, 0.717) is 5.92 Å². The molecule has 0 saturated heterocycles. The Balaban J connectivity index is 1.95. The maximum atomic E-state index is 11.7. The van der Waals surface area contributed by atoms with Crippen LogP contribution in [0.25, 0.3) is 10.9 Å². The summed E-state index contributed by atoms with van der Waals surface area (Å²) in [5.74, 6) is 0.265. The highest BCUT2D eigenvalue weighted by Crippen LogP contribution is 2.39. The van der Waals surface area contributed by atoms with Crippen molar-refractivity contribution in [3.63, 3.8) is 0 Å². The van der Waals surface area contributed by atoms with Crippen LogP contribution in [0.5, 0.6) is 5.88 Å². The zero-order valence-electron chi connectivity index (χ0n) is 16.1. The Labute approximate surface area is 174 Å². The fourth-order valence-corrected chi connectivity index (χ4v) is 3.79. The second-order valence-corrected chi connectivity index (χ2v) is 8.75. The summed E-state index contributed by atoms with van der Waals surface area (Å²) < 4.78 is 25.0. The van der Waals surface area contributed by atoms with Crippen molar-refractivity contribution in [1.82, 2.24) is 4.57 Å². The number of nitrogens with zero attached hydrogens (tertiary/aromatic N) is 3. The Hall–Kier alpha value is -2.82. The van der Waals surface area contributed by atoms with E-state index in [4.69, 9.17) is 17.4 Å². The van der Waals surface area contributed by atoms with Crippen LogP contribution in [0.3, 0.4) is 0 Å². The van der Waals surface area contributed by atoms with Crippen LogP contribution >= 0.6 is 12.2 Å². The van der Waals surface area contributed by atoms with Gasteiger partial charge in [0.25, 0.3) is 0 Å². The molecule has 152 valence electrons. The molecule has 4 N–H and O–H groups in total. The van der Waals surface area contributed by atoms with Crippen LogP contribution in [0.15, 0.2) is 57.6 Å². The Bertz CT molecular complexity index is 1230. The SMILES string of the molecule is CC(C)c1ccc2c(c1)c(N=NC(=S)Nc1ccccc1S(N)(=O)=O)c(O)n2C. The molecule has 2 aromatic carbocycles. The van der Waals surface area contributed by atoms with Gasteiger partial charge >= 0.3 is 0 Å². The van der Waals surface area contributed by atoms with Crippen LogP contribution in [0.1, 0.15) is 25.3 Å². The fourth-order valence-electron chi connectivity index (χ4n) is 2.94. The fraction of sp³-hybridized carbons (Fsp3) is 0.211. The zero-order chi connectivity index (χ0) is 21.3. The third-order valence-electron chi connectivity index (χ3n) is 4.51. The van der Waals surface area contributed by atoms with E-state index in [9.17, 15) is 13.5 Å². The van der Waals surface area contributed by atoms with Gasteiger partial charge in [-0.2, -0.15) is 0 Å². The summed E-state index contributed by atoms with van der Waals surface area (Å²) in [6, 6.07) is 12.0. The summed E-state index contributed by atoms with van der Waals surface area (Å²) in [6.45, 7) is 4.15. The van der Waals surface area contributed by atoms with Crippen LogP contribution in [-0.2, 0) is 17.1 Å². The Morgan fingerprint density at radius 1 is 1.24 bits per heavy atom. The van der Waals surface area contributed by atoms with Gasteiger partial charge in [0.05, 0.1) is 11.2 Å². The molecule has 1 aromatic heterocycles. The molecule has 0 aliphatic heterocycles. The first-order valence-corrected chi connectivity index (χ1v) is 10.7. The van der Waals surface area contributed by atoms with Gasteiger partial charge in [-0.25, -0.2) is 13.6 Å².